The number of fused-ring (bicyclic) bond motifs is 1. The van der Waals surface area contributed by atoms with Gasteiger partial charge >= 0.3 is 0 Å². The van der Waals surface area contributed by atoms with Crippen LogP contribution in [0.3, 0.4) is 0 Å². The second-order valence-electron chi connectivity index (χ2n) is 5.17. The monoisotopic (exact) mass is 217 g/mol. The normalized spacial score (nSPS) is 33.4. The van der Waals surface area contributed by atoms with Crippen molar-refractivity contribution in [3.05, 3.63) is 30.1 Å². The molecular formula is C13H19N3. The molecule has 86 valence electrons. The van der Waals surface area contributed by atoms with Crippen molar-refractivity contribution in [3.8, 4) is 0 Å². The standard InChI is InChI=1S/C13H19N3/c14-16-12(8-9-4-6-15-7-5-9)13-10-2-1-3-11(10)13/h4-7,10-13,16H,1-3,8,14H2. The van der Waals surface area contributed by atoms with E-state index in [9.17, 15) is 0 Å². The van der Waals surface area contributed by atoms with Gasteiger partial charge in [0.15, 0.2) is 0 Å². The summed E-state index contributed by atoms with van der Waals surface area (Å²) in [6, 6.07) is 4.63. The van der Waals surface area contributed by atoms with Gasteiger partial charge in [0.2, 0.25) is 0 Å². The zero-order valence-electron chi connectivity index (χ0n) is 9.47. The van der Waals surface area contributed by atoms with Gasteiger partial charge in [0.05, 0.1) is 0 Å². The molecule has 2 aliphatic carbocycles. The minimum Gasteiger partial charge on any atom is -0.271 e. The van der Waals surface area contributed by atoms with Crippen LogP contribution in [-0.4, -0.2) is 11.0 Å². The number of aromatic nitrogens is 1. The fourth-order valence-electron chi connectivity index (χ4n) is 3.55. The van der Waals surface area contributed by atoms with Crippen molar-refractivity contribution >= 4 is 0 Å². The van der Waals surface area contributed by atoms with Gasteiger partial charge in [-0.05, 0) is 54.7 Å². The van der Waals surface area contributed by atoms with Crippen molar-refractivity contribution in [2.24, 2.45) is 23.6 Å². The highest BCUT2D eigenvalue weighted by Crippen LogP contribution is 2.59. The van der Waals surface area contributed by atoms with Crippen LogP contribution in [0.2, 0.25) is 0 Å². The molecule has 2 aliphatic rings. The minimum absolute atomic E-state index is 0.456. The molecule has 3 nitrogen and oxygen atoms in total. The Kier molecular flexibility index (Phi) is 2.65. The first kappa shape index (κ1) is 10.2. The number of nitrogens with zero attached hydrogens (tertiary/aromatic N) is 1. The maximum atomic E-state index is 5.70. The highest BCUT2D eigenvalue weighted by molar-refractivity contribution is 5.15. The Labute approximate surface area is 96.4 Å². The third kappa shape index (κ3) is 1.74. The molecule has 3 N–H and O–H groups in total. The SMILES string of the molecule is NNC(Cc1ccncc1)C1C2CCCC21. The molecule has 2 fully saturated rings. The van der Waals surface area contributed by atoms with E-state index in [0.29, 0.717) is 6.04 Å². The van der Waals surface area contributed by atoms with Crippen LogP contribution in [0.1, 0.15) is 24.8 Å². The molecule has 1 aromatic rings. The Bertz CT molecular complexity index is 341. The topological polar surface area (TPSA) is 50.9 Å². The zero-order chi connectivity index (χ0) is 11.0. The molecule has 3 heteroatoms. The van der Waals surface area contributed by atoms with Gasteiger partial charge in [-0.2, -0.15) is 0 Å². The first-order chi connectivity index (χ1) is 7.90. The number of hydrogen-bond acceptors (Lipinski definition) is 3. The smallest absolute Gasteiger partial charge is 0.0284 e. The summed E-state index contributed by atoms with van der Waals surface area (Å²) in [7, 11) is 0. The van der Waals surface area contributed by atoms with E-state index in [1.807, 2.05) is 12.4 Å². The predicted molar refractivity (Wildman–Crippen MR) is 63.4 cm³/mol. The summed E-state index contributed by atoms with van der Waals surface area (Å²) >= 11 is 0. The summed E-state index contributed by atoms with van der Waals surface area (Å²) in [5, 5.41) is 0. The maximum absolute atomic E-state index is 5.70. The first-order valence-corrected chi connectivity index (χ1v) is 6.25. The Hall–Kier alpha value is -0.930. The van der Waals surface area contributed by atoms with Gasteiger partial charge in [-0.25, -0.2) is 0 Å². The van der Waals surface area contributed by atoms with Crippen LogP contribution in [0.5, 0.6) is 0 Å². The quantitative estimate of drug-likeness (QED) is 0.593. The van der Waals surface area contributed by atoms with E-state index in [1.54, 1.807) is 0 Å². The summed E-state index contributed by atoms with van der Waals surface area (Å²) in [4.78, 5) is 4.04. The highest BCUT2D eigenvalue weighted by Gasteiger charge is 2.55. The molecule has 0 amide bonds. The van der Waals surface area contributed by atoms with Crippen LogP contribution in [0.4, 0.5) is 0 Å². The van der Waals surface area contributed by atoms with Crippen molar-refractivity contribution in [2.45, 2.75) is 31.7 Å². The van der Waals surface area contributed by atoms with Gasteiger partial charge in [-0.3, -0.25) is 16.3 Å². The fourth-order valence-corrected chi connectivity index (χ4v) is 3.55. The number of hydrazine groups is 1. The summed E-state index contributed by atoms with van der Waals surface area (Å²) < 4.78 is 0. The van der Waals surface area contributed by atoms with Crippen molar-refractivity contribution < 1.29 is 0 Å². The second-order valence-corrected chi connectivity index (χ2v) is 5.17. The van der Waals surface area contributed by atoms with Crippen LogP contribution in [0.15, 0.2) is 24.5 Å². The van der Waals surface area contributed by atoms with Gasteiger partial charge in [0.1, 0.15) is 0 Å². The van der Waals surface area contributed by atoms with Crippen molar-refractivity contribution in [1.29, 1.82) is 0 Å². The maximum Gasteiger partial charge on any atom is 0.0284 e. The second kappa shape index (κ2) is 4.15. The lowest BCUT2D eigenvalue weighted by atomic mass is 9.98. The third-order valence-electron chi connectivity index (χ3n) is 4.36. The Morgan fingerprint density at radius 2 is 2.00 bits per heavy atom. The molecule has 2 saturated carbocycles. The van der Waals surface area contributed by atoms with E-state index in [0.717, 1.165) is 24.2 Å². The molecule has 0 aliphatic heterocycles. The average molecular weight is 217 g/mol. The van der Waals surface area contributed by atoms with E-state index in [2.05, 4.69) is 22.5 Å². The minimum atomic E-state index is 0.456. The van der Waals surface area contributed by atoms with Gasteiger partial charge in [0.25, 0.3) is 0 Å². The average Bonchev–Trinajstić information content (AvgIpc) is 2.81. The molecule has 3 unspecified atom stereocenters. The Morgan fingerprint density at radius 1 is 1.31 bits per heavy atom. The van der Waals surface area contributed by atoms with E-state index in [-0.39, 0.29) is 0 Å². The zero-order valence-corrected chi connectivity index (χ0v) is 9.47. The Morgan fingerprint density at radius 3 is 2.62 bits per heavy atom. The molecular weight excluding hydrogens is 198 g/mol. The molecule has 0 aromatic carbocycles. The molecule has 16 heavy (non-hydrogen) atoms. The van der Waals surface area contributed by atoms with Gasteiger partial charge < -0.3 is 0 Å². The van der Waals surface area contributed by atoms with Crippen molar-refractivity contribution in [1.82, 2.24) is 10.4 Å². The largest absolute Gasteiger partial charge is 0.271 e. The molecule has 1 aromatic heterocycles. The first-order valence-electron chi connectivity index (χ1n) is 6.25. The predicted octanol–water partition coefficient (Wildman–Crippen LogP) is 1.50. The van der Waals surface area contributed by atoms with E-state index in [4.69, 9.17) is 5.84 Å². The van der Waals surface area contributed by atoms with Gasteiger partial charge in [-0.1, -0.05) is 6.42 Å². The lowest BCUT2D eigenvalue weighted by Crippen LogP contribution is -2.39. The number of hydrogen-bond donors (Lipinski definition) is 2. The highest BCUT2D eigenvalue weighted by atomic mass is 15.2. The van der Waals surface area contributed by atoms with Crippen molar-refractivity contribution in [3.63, 3.8) is 0 Å². The van der Waals surface area contributed by atoms with Gasteiger partial charge in [-0.15, -0.1) is 0 Å². The molecule has 3 atom stereocenters. The molecule has 1 heterocycles. The summed E-state index contributed by atoms with van der Waals surface area (Å²) in [5.74, 6) is 8.45. The lowest BCUT2D eigenvalue weighted by molar-refractivity contribution is 0.410. The number of pyridine rings is 1. The number of nitrogens with one attached hydrogen (secondary N) is 1. The van der Waals surface area contributed by atoms with E-state index < -0.39 is 0 Å². The fraction of sp³-hybridized carbons (Fsp3) is 0.615. The molecule has 3 rings (SSSR count). The van der Waals surface area contributed by atoms with Gasteiger partial charge in [0, 0.05) is 18.4 Å². The summed E-state index contributed by atoms with van der Waals surface area (Å²) in [5.41, 5.74) is 4.36. The van der Waals surface area contributed by atoms with Crippen molar-refractivity contribution in [2.75, 3.05) is 0 Å². The van der Waals surface area contributed by atoms with Crippen LogP contribution in [-0.2, 0) is 6.42 Å². The van der Waals surface area contributed by atoms with E-state index >= 15 is 0 Å². The molecule has 0 spiro atoms. The molecule has 0 radical (unpaired) electrons. The van der Waals surface area contributed by atoms with Crippen LogP contribution >= 0.6 is 0 Å². The number of nitrogens with two attached hydrogens (primary N) is 1. The van der Waals surface area contributed by atoms with Crippen LogP contribution in [0, 0.1) is 17.8 Å². The number of rotatable bonds is 4. The van der Waals surface area contributed by atoms with E-state index in [1.165, 1.54) is 24.8 Å². The van der Waals surface area contributed by atoms with Crippen LogP contribution < -0.4 is 11.3 Å². The Balaban J connectivity index is 1.64. The molecule has 0 bridgehead atoms. The molecule has 0 saturated heterocycles. The summed E-state index contributed by atoms with van der Waals surface area (Å²) in [6.07, 6.45) is 9.02. The third-order valence-corrected chi connectivity index (χ3v) is 4.36. The summed E-state index contributed by atoms with van der Waals surface area (Å²) in [6.45, 7) is 0. The lowest BCUT2D eigenvalue weighted by Gasteiger charge is -2.17. The van der Waals surface area contributed by atoms with Crippen LogP contribution in [0.25, 0.3) is 0 Å².